The maximum Gasteiger partial charge on any atom is 0.339 e. The minimum Gasteiger partial charge on any atom is -0.447 e. The Kier molecular flexibility index (Phi) is 4.78. The Morgan fingerprint density at radius 3 is 2.56 bits per heavy atom. The molecule has 8 atom stereocenters. The lowest BCUT2D eigenvalue weighted by Gasteiger charge is -2.35. The predicted octanol–water partition coefficient (Wildman–Crippen LogP) is 4.34. The van der Waals surface area contributed by atoms with Crippen molar-refractivity contribution in [1.29, 1.82) is 0 Å². The summed E-state index contributed by atoms with van der Waals surface area (Å²) in [7, 11) is 0. The molecule has 5 heteroatoms. The molecule has 1 aromatic carbocycles. The first-order valence-corrected chi connectivity index (χ1v) is 11.9. The highest BCUT2D eigenvalue weighted by Crippen LogP contribution is 2.64. The van der Waals surface area contributed by atoms with Crippen molar-refractivity contribution >= 4 is 11.8 Å². The number of ether oxygens (including phenoxy) is 2. The second-order valence-corrected chi connectivity index (χ2v) is 11.4. The van der Waals surface area contributed by atoms with Gasteiger partial charge in [0.15, 0.2) is 5.60 Å². The fraction of sp³-hybridized carbons (Fsp3) is 0.630. The summed E-state index contributed by atoms with van der Waals surface area (Å²) in [6, 6.07) is 8.77. The maximum absolute atomic E-state index is 14.1. The molecule has 1 heterocycles. The zero-order valence-electron chi connectivity index (χ0n) is 19.6. The fourth-order valence-corrected chi connectivity index (χ4v) is 6.69. The van der Waals surface area contributed by atoms with Crippen LogP contribution in [0.2, 0.25) is 0 Å². The van der Waals surface area contributed by atoms with E-state index in [0.29, 0.717) is 29.4 Å². The number of benzene rings is 1. The Morgan fingerprint density at radius 2 is 1.88 bits per heavy atom. The van der Waals surface area contributed by atoms with E-state index in [1.54, 1.807) is 24.3 Å². The molecule has 1 aromatic rings. The van der Waals surface area contributed by atoms with Crippen molar-refractivity contribution in [1.82, 2.24) is 0 Å². The van der Waals surface area contributed by atoms with E-state index in [0.717, 1.165) is 12.8 Å². The normalized spacial score (nSPS) is 45.9. The van der Waals surface area contributed by atoms with Gasteiger partial charge in [-0.2, -0.15) is 0 Å². The third-order valence-corrected chi connectivity index (χ3v) is 8.93. The topological polar surface area (TPSA) is 76.1 Å². The first kappa shape index (κ1) is 21.8. The number of fused-ring (bicyclic) bond motifs is 4. The molecule has 5 nitrogen and oxygen atoms in total. The number of hydrogen-bond acceptors (Lipinski definition) is 5. The van der Waals surface area contributed by atoms with E-state index in [4.69, 9.17) is 9.47 Å². The van der Waals surface area contributed by atoms with Gasteiger partial charge in [0.2, 0.25) is 5.78 Å². The lowest BCUT2D eigenvalue weighted by molar-refractivity contribution is -0.141. The molecule has 5 rings (SSSR count). The average Bonchev–Trinajstić information content (AvgIpc) is 3.52. The van der Waals surface area contributed by atoms with Gasteiger partial charge in [-0.25, -0.2) is 4.79 Å². The molecule has 0 bridgehead atoms. The van der Waals surface area contributed by atoms with E-state index >= 15 is 0 Å². The van der Waals surface area contributed by atoms with Crippen molar-refractivity contribution in [3.63, 3.8) is 0 Å². The van der Waals surface area contributed by atoms with E-state index < -0.39 is 29.2 Å². The summed E-state index contributed by atoms with van der Waals surface area (Å²) in [6.07, 6.45) is 3.23. The second-order valence-electron chi connectivity index (χ2n) is 11.4. The van der Waals surface area contributed by atoms with Crippen molar-refractivity contribution in [2.24, 2.45) is 29.1 Å². The van der Waals surface area contributed by atoms with Crippen molar-refractivity contribution in [2.45, 2.75) is 77.3 Å². The Morgan fingerprint density at radius 1 is 1.19 bits per heavy atom. The van der Waals surface area contributed by atoms with Crippen LogP contribution < -0.4 is 0 Å². The van der Waals surface area contributed by atoms with Crippen LogP contribution in [0.4, 0.5) is 0 Å². The highest BCUT2D eigenvalue weighted by atomic mass is 16.6. The first-order valence-electron chi connectivity index (χ1n) is 11.9. The number of carbonyl (C=O) groups excluding carboxylic acids is 2. The van der Waals surface area contributed by atoms with Gasteiger partial charge < -0.3 is 14.6 Å². The van der Waals surface area contributed by atoms with Gasteiger partial charge >= 0.3 is 5.97 Å². The third-order valence-electron chi connectivity index (χ3n) is 8.93. The number of carbonyl (C=O) groups is 2. The van der Waals surface area contributed by atoms with Crippen molar-refractivity contribution in [3.8, 4) is 0 Å². The minimum atomic E-state index is -1.42. The van der Waals surface area contributed by atoms with Gasteiger partial charge in [-0.1, -0.05) is 45.0 Å². The first-order chi connectivity index (χ1) is 15.0. The summed E-state index contributed by atoms with van der Waals surface area (Å²) in [4.78, 5) is 27.3. The zero-order chi connectivity index (χ0) is 23.1. The van der Waals surface area contributed by atoms with Gasteiger partial charge in [0.25, 0.3) is 0 Å². The minimum absolute atomic E-state index is 0.150. The van der Waals surface area contributed by atoms with Crippen LogP contribution in [0, 0.1) is 29.1 Å². The molecule has 3 aliphatic carbocycles. The number of epoxide rings is 1. The molecule has 1 aliphatic heterocycles. The largest absolute Gasteiger partial charge is 0.447 e. The molecule has 172 valence electrons. The highest BCUT2D eigenvalue weighted by molar-refractivity contribution is 6.04. The van der Waals surface area contributed by atoms with E-state index in [9.17, 15) is 14.7 Å². The summed E-state index contributed by atoms with van der Waals surface area (Å²) in [6.45, 7) is 10.3. The van der Waals surface area contributed by atoms with Crippen molar-refractivity contribution in [2.75, 3.05) is 0 Å². The van der Waals surface area contributed by atoms with Crippen LogP contribution in [0.15, 0.2) is 42.0 Å². The summed E-state index contributed by atoms with van der Waals surface area (Å²) >= 11 is 0. The third kappa shape index (κ3) is 3.12. The molecule has 32 heavy (non-hydrogen) atoms. The second kappa shape index (κ2) is 7.01. The smallest absolute Gasteiger partial charge is 0.339 e. The summed E-state index contributed by atoms with van der Waals surface area (Å²) < 4.78 is 12.4. The number of Topliss-reactive ketones (excluding diaryl/α,β-unsaturated/α-hetero) is 1. The Balaban J connectivity index is 1.60. The highest BCUT2D eigenvalue weighted by Gasteiger charge is 2.71. The molecule has 1 saturated heterocycles. The number of aliphatic hydroxyl groups is 1. The zero-order valence-corrected chi connectivity index (χ0v) is 19.6. The van der Waals surface area contributed by atoms with Gasteiger partial charge in [-0.15, -0.1) is 0 Å². The van der Waals surface area contributed by atoms with Crippen LogP contribution in [0.1, 0.15) is 64.2 Å². The Bertz CT molecular complexity index is 981. The monoisotopic (exact) mass is 438 g/mol. The van der Waals surface area contributed by atoms with Crippen molar-refractivity contribution < 1.29 is 24.2 Å². The molecular formula is C27H34O5. The quantitative estimate of drug-likeness (QED) is 0.549. The number of hydrogen-bond donors (Lipinski definition) is 1. The van der Waals surface area contributed by atoms with E-state index in [1.807, 2.05) is 19.9 Å². The molecule has 2 saturated carbocycles. The lowest BCUT2D eigenvalue weighted by Crippen LogP contribution is -2.52. The van der Waals surface area contributed by atoms with Gasteiger partial charge in [0.05, 0.1) is 29.3 Å². The van der Waals surface area contributed by atoms with Gasteiger partial charge in [0, 0.05) is 6.42 Å². The molecule has 3 fully saturated rings. The Hall–Kier alpha value is -1.98. The number of allylic oxidation sites excluding steroid dienone is 1. The molecule has 0 unspecified atom stereocenters. The maximum atomic E-state index is 14.1. The number of rotatable bonds is 2. The molecule has 1 N–H and O–H groups in total. The molecule has 0 radical (unpaired) electrons. The molecule has 0 aromatic heterocycles. The molecular weight excluding hydrogens is 404 g/mol. The molecule has 4 aliphatic rings. The summed E-state index contributed by atoms with van der Waals surface area (Å²) in [5.74, 6) is -0.627. The van der Waals surface area contributed by atoms with Crippen LogP contribution in [-0.2, 0) is 14.3 Å². The fourth-order valence-electron chi connectivity index (χ4n) is 6.69. The van der Waals surface area contributed by atoms with Crippen LogP contribution in [0.3, 0.4) is 0 Å². The predicted molar refractivity (Wildman–Crippen MR) is 120 cm³/mol. The van der Waals surface area contributed by atoms with Crippen LogP contribution in [-0.4, -0.2) is 40.3 Å². The summed E-state index contributed by atoms with van der Waals surface area (Å²) in [5, 5.41) is 11.2. The van der Waals surface area contributed by atoms with Crippen LogP contribution in [0.25, 0.3) is 0 Å². The standard InChI is InChI=1S/C27H34O5/c1-15-13-19-18(25(19,3)4)11-12-26(5)23(31-26)20-21(28)16(2)14-27(20,22(15)29)32-24(30)17-9-7-6-8-10-17/h6-10,13,16,18-21,23,28H,11-12,14H2,1-5H3/b15-13-/t16-,18-,19+,20+,21-,23+,26+,27+/m0/s1. The van der Waals surface area contributed by atoms with E-state index in [1.165, 1.54) is 0 Å². The Labute approximate surface area is 190 Å². The SMILES string of the molecule is C/C1=C/[C@@H]2[C@H](CC[C@@]3(C)O[C@@H]3[C@H]3[C@@H](O)[C@@H](C)C[C@]3(OC(=O)c3ccccc3)C1=O)C2(C)C. The molecule has 0 spiro atoms. The van der Waals surface area contributed by atoms with Gasteiger partial charge in [-0.05, 0) is 67.6 Å². The van der Waals surface area contributed by atoms with E-state index in [2.05, 4.69) is 26.8 Å². The van der Waals surface area contributed by atoms with Crippen LogP contribution >= 0.6 is 0 Å². The average molecular weight is 439 g/mol. The number of aliphatic hydroxyl groups excluding tert-OH is 1. The van der Waals surface area contributed by atoms with E-state index in [-0.39, 0.29) is 23.2 Å². The lowest BCUT2D eigenvalue weighted by atomic mass is 9.77. The number of ketones is 1. The van der Waals surface area contributed by atoms with Gasteiger partial charge in [0.1, 0.15) is 0 Å². The molecule has 0 amide bonds. The van der Waals surface area contributed by atoms with Crippen LogP contribution in [0.5, 0.6) is 0 Å². The number of esters is 1. The van der Waals surface area contributed by atoms with Crippen molar-refractivity contribution in [3.05, 3.63) is 47.5 Å². The summed E-state index contributed by atoms with van der Waals surface area (Å²) in [5.41, 5.74) is -0.643. The van der Waals surface area contributed by atoms with Gasteiger partial charge in [-0.3, -0.25) is 4.79 Å².